The second kappa shape index (κ2) is 16.3. The van der Waals surface area contributed by atoms with Crippen LogP contribution in [0.5, 0.6) is 0 Å². The molecule has 0 atom stereocenters. The summed E-state index contributed by atoms with van der Waals surface area (Å²) in [5.74, 6) is 0.217. The van der Waals surface area contributed by atoms with E-state index in [1.54, 1.807) is 17.2 Å². The quantitative estimate of drug-likeness (QED) is 0.102. The van der Waals surface area contributed by atoms with Crippen molar-refractivity contribution >= 4 is 23.6 Å². The minimum absolute atomic E-state index is 0.146. The molecule has 5 nitrogen and oxygen atoms in total. The van der Waals surface area contributed by atoms with Crippen LogP contribution in [0.4, 0.5) is 0 Å². The highest BCUT2D eigenvalue weighted by Gasteiger charge is 2.10. The number of allylic oxidation sites excluding steroid dienone is 5. The zero-order valence-corrected chi connectivity index (χ0v) is 20.7. The lowest BCUT2D eigenvalue weighted by molar-refractivity contribution is -0.129. The van der Waals surface area contributed by atoms with Gasteiger partial charge in [0, 0.05) is 23.6 Å². The lowest BCUT2D eigenvalue weighted by Crippen LogP contribution is -2.26. The Balaban J connectivity index is 2.46. The average Bonchev–Trinajstić information content (AvgIpc) is 2.76. The van der Waals surface area contributed by atoms with Gasteiger partial charge >= 0.3 is 0 Å². The summed E-state index contributed by atoms with van der Waals surface area (Å²) in [6.45, 7) is 9.02. The largest absolute Gasteiger partial charge is 0.352 e. The molecule has 0 saturated heterocycles. The van der Waals surface area contributed by atoms with Gasteiger partial charge < -0.3 is 5.32 Å². The monoisotopic (exact) mass is 458 g/mol. The number of benzene rings is 1. The number of carbonyl (C=O) groups is 2. The molecule has 0 aromatic heterocycles. The van der Waals surface area contributed by atoms with Crippen molar-refractivity contribution in [3.63, 3.8) is 0 Å². The second-order valence-electron chi connectivity index (χ2n) is 8.16. The van der Waals surface area contributed by atoms with Gasteiger partial charge in [-0.15, -0.1) is 11.8 Å². The summed E-state index contributed by atoms with van der Waals surface area (Å²) in [5, 5.41) is 11.3. The molecule has 0 fully saturated rings. The van der Waals surface area contributed by atoms with Gasteiger partial charge in [0.15, 0.2) is 0 Å². The Hall–Kier alpha value is -2.31. The van der Waals surface area contributed by atoms with E-state index in [4.69, 9.17) is 5.21 Å². The molecule has 0 aliphatic heterocycles. The molecular weight excluding hydrogens is 420 g/mol. The van der Waals surface area contributed by atoms with E-state index in [0.717, 1.165) is 36.3 Å². The van der Waals surface area contributed by atoms with Gasteiger partial charge in [-0.05, 0) is 71.9 Å². The number of nitrogens with one attached hydrogen (secondary N) is 2. The second-order valence-corrected chi connectivity index (χ2v) is 9.22. The van der Waals surface area contributed by atoms with Crippen LogP contribution in [0.2, 0.25) is 0 Å². The van der Waals surface area contributed by atoms with Gasteiger partial charge in [0.1, 0.15) is 0 Å². The Morgan fingerprint density at radius 1 is 0.938 bits per heavy atom. The summed E-state index contributed by atoms with van der Waals surface area (Å²) >= 11 is 1.65. The fourth-order valence-electron chi connectivity index (χ4n) is 2.99. The summed E-state index contributed by atoms with van der Waals surface area (Å²) in [4.78, 5) is 24.5. The van der Waals surface area contributed by atoms with Crippen molar-refractivity contribution in [1.29, 1.82) is 0 Å². The van der Waals surface area contributed by atoms with E-state index in [-0.39, 0.29) is 12.3 Å². The van der Waals surface area contributed by atoms with Crippen LogP contribution in [0.15, 0.2) is 64.1 Å². The first-order chi connectivity index (χ1) is 15.3. The highest BCUT2D eigenvalue weighted by atomic mass is 32.2. The van der Waals surface area contributed by atoms with Crippen LogP contribution < -0.4 is 10.8 Å². The summed E-state index contributed by atoms with van der Waals surface area (Å²) in [6.07, 6.45) is 11.8. The van der Waals surface area contributed by atoms with E-state index in [1.165, 1.54) is 16.7 Å². The molecule has 2 amide bonds. The Morgan fingerprint density at radius 2 is 1.59 bits per heavy atom. The molecular formula is C26H38N2O3S. The minimum Gasteiger partial charge on any atom is -0.352 e. The van der Waals surface area contributed by atoms with Crippen molar-refractivity contribution in [1.82, 2.24) is 10.8 Å². The Bertz CT molecular complexity index is 824. The first kappa shape index (κ1) is 27.7. The van der Waals surface area contributed by atoms with Gasteiger partial charge in [-0.3, -0.25) is 14.8 Å². The fraction of sp³-hybridized carbons (Fsp3) is 0.462. The van der Waals surface area contributed by atoms with Gasteiger partial charge in [0.25, 0.3) is 5.91 Å². The number of hydrogen-bond acceptors (Lipinski definition) is 4. The Kier molecular flexibility index (Phi) is 14.2. The molecule has 3 N–H and O–H groups in total. The van der Waals surface area contributed by atoms with E-state index in [9.17, 15) is 9.59 Å². The summed E-state index contributed by atoms with van der Waals surface area (Å²) in [5.41, 5.74) is 6.41. The van der Waals surface area contributed by atoms with Crippen molar-refractivity contribution in [2.24, 2.45) is 0 Å². The maximum atomic E-state index is 12.5. The highest BCUT2D eigenvalue weighted by Crippen LogP contribution is 2.23. The summed E-state index contributed by atoms with van der Waals surface area (Å²) in [6, 6.07) is 7.56. The molecule has 1 aromatic rings. The van der Waals surface area contributed by atoms with Crippen LogP contribution in [0.3, 0.4) is 0 Å². The molecule has 0 radical (unpaired) electrons. The number of hydrogen-bond donors (Lipinski definition) is 3. The summed E-state index contributed by atoms with van der Waals surface area (Å²) < 4.78 is 0. The van der Waals surface area contributed by atoms with Gasteiger partial charge in [-0.1, -0.05) is 47.1 Å². The van der Waals surface area contributed by atoms with E-state index in [0.29, 0.717) is 18.5 Å². The topological polar surface area (TPSA) is 78.4 Å². The third-order valence-electron chi connectivity index (χ3n) is 4.92. The molecule has 0 bridgehead atoms. The predicted molar refractivity (Wildman–Crippen MR) is 134 cm³/mol. The molecule has 176 valence electrons. The van der Waals surface area contributed by atoms with Crippen LogP contribution in [-0.2, 0) is 4.79 Å². The van der Waals surface area contributed by atoms with Gasteiger partial charge in [-0.25, -0.2) is 5.48 Å². The Labute approximate surface area is 197 Å². The summed E-state index contributed by atoms with van der Waals surface area (Å²) in [7, 11) is 0. The molecule has 0 aliphatic carbocycles. The maximum Gasteiger partial charge on any atom is 0.252 e. The van der Waals surface area contributed by atoms with Crippen LogP contribution >= 0.6 is 11.8 Å². The van der Waals surface area contributed by atoms with E-state index in [1.807, 2.05) is 24.3 Å². The first-order valence-electron chi connectivity index (χ1n) is 11.2. The van der Waals surface area contributed by atoms with Gasteiger partial charge in [0.05, 0.1) is 5.56 Å². The van der Waals surface area contributed by atoms with Crippen LogP contribution in [0, 0.1) is 0 Å². The molecule has 0 spiro atoms. The van der Waals surface area contributed by atoms with Crippen molar-refractivity contribution in [2.75, 3.05) is 12.3 Å². The first-order valence-corrected chi connectivity index (χ1v) is 12.2. The normalized spacial score (nSPS) is 11.8. The SMILES string of the molecule is CC(C)=CCC/C(C)=C/CC/C(C)=C/CSc1ccccc1C(=O)NCCCC(=O)NO. The van der Waals surface area contributed by atoms with Crippen LogP contribution in [0.1, 0.15) is 76.6 Å². The zero-order valence-electron chi connectivity index (χ0n) is 19.9. The lowest BCUT2D eigenvalue weighted by atomic mass is 10.1. The third-order valence-corrected chi connectivity index (χ3v) is 5.92. The predicted octanol–water partition coefficient (Wildman–Crippen LogP) is 6.21. The number of carbonyl (C=O) groups excluding carboxylic acids is 2. The van der Waals surface area contributed by atoms with E-state index in [2.05, 4.69) is 51.2 Å². The van der Waals surface area contributed by atoms with Crippen LogP contribution in [0.25, 0.3) is 0 Å². The molecule has 0 aliphatic rings. The van der Waals surface area contributed by atoms with Crippen LogP contribution in [-0.4, -0.2) is 29.3 Å². The highest BCUT2D eigenvalue weighted by molar-refractivity contribution is 7.99. The zero-order chi connectivity index (χ0) is 23.8. The number of hydroxylamine groups is 1. The number of rotatable bonds is 14. The third kappa shape index (κ3) is 12.5. The van der Waals surface area contributed by atoms with E-state index < -0.39 is 5.91 Å². The number of thioether (sulfide) groups is 1. The average molecular weight is 459 g/mol. The Morgan fingerprint density at radius 3 is 2.28 bits per heavy atom. The molecule has 6 heteroatoms. The molecule has 0 unspecified atom stereocenters. The van der Waals surface area contributed by atoms with Crippen molar-refractivity contribution in [2.45, 2.75) is 71.1 Å². The molecule has 0 heterocycles. The minimum atomic E-state index is -0.452. The number of amides is 2. The smallest absolute Gasteiger partial charge is 0.252 e. The molecule has 0 saturated carbocycles. The fourth-order valence-corrected chi connectivity index (χ4v) is 4.03. The van der Waals surface area contributed by atoms with Crippen molar-refractivity contribution < 1.29 is 14.8 Å². The van der Waals surface area contributed by atoms with Crippen molar-refractivity contribution in [3.05, 3.63) is 64.8 Å². The van der Waals surface area contributed by atoms with Gasteiger partial charge in [0.2, 0.25) is 5.91 Å². The standard InChI is InChI=1S/C26H38N2O3S/c1-20(2)10-7-11-21(3)12-8-13-22(4)17-19-32-24-15-6-5-14-23(24)26(30)27-18-9-16-25(29)28-31/h5-6,10,12,14-15,17,31H,7-9,11,13,16,18-19H2,1-4H3,(H,27,30)(H,28,29)/b21-12+,22-17+. The molecule has 1 rings (SSSR count). The maximum absolute atomic E-state index is 12.5. The molecule has 32 heavy (non-hydrogen) atoms. The van der Waals surface area contributed by atoms with E-state index >= 15 is 0 Å². The molecule has 1 aromatic carbocycles. The van der Waals surface area contributed by atoms with Crippen molar-refractivity contribution in [3.8, 4) is 0 Å². The lowest BCUT2D eigenvalue weighted by Gasteiger charge is -2.09. The van der Waals surface area contributed by atoms with Gasteiger partial charge in [-0.2, -0.15) is 0 Å².